The Kier molecular flexibility index (Phi) is 3.85. The molecule has 0 aliphatic carbocycles. The van der Waals surface area contributed by atoms with Crippen molar-refractivity contribution in [1.82, 2.24) is 4.98 Å². The molecule has 3 nitrogen and oxygen atoms in total. The number of anilines is 1. The van der Waals surface area contributed by atoms with Gasteiger partial charge in [-0.15, -0.1) is 11.3 Å². The number of pyridine rings is 1. The molecular formula is C15H10Cl2N2OS. The van der Waals surface area contributed by atoms with Gasteiger partial charge in [0.05, 0.1) is 10.0 Å². The Labute approximate surface area is 135 Å². The van der Waals surface area contributed by atoms with Gasteiger partial charge in [0.25, 0.3) is 5.91 Å². The second-order valence-electron chi connectivity index (χ2n) is 4.56. The van der Waals surface area contributed by atoms with Crippen LogP contribution < -0.4 is 5.32 Å². The van der Waals surface area contributed by atoms with Gasteiger partial charge < -0.3 is 5.32 Å². The van der Waals surface area contributed by atoms with Crippen LogP contribution in [0.4, 0.5) is 5.82 Å². The number of carbonyl (C=O) groups excluding carboxylic acids is 1. The Balaban J connectivity index is 1.94. The van der Waals surface area contributed by atoms with Gasteiger partial charge in [0, 0.05) is 16.3 Å². The van der Waals surface area contributed by atoms with Crippen molar-refractivity contribution in [2.75, 3.05) is 5.32 Å². The fourth-order valence-electron chi connectivity index (χ4n) is 1.94. The number of halogens is 2. The first-order valence-electron chi connectivity index (χ1n) is 6.16. The highest BCUT2D eigenvalue weighted by Gasteiger charge is 2.17. The third-order valence-corrected chi connectivity index (χ3v) is 4.84. The zero-order valence-corrected chi connectivity index (χ0v) is 13.3. The van der Waals surface area contributed by atoms with Crippen molar-refractivity contribution < 1.29 is 4.79 Å². The fraction of sp³-hybridized carbons (Fsp3) is 0.0667. The number of hydrogen-bond acceptors (Lipinski definition) is 3. The van der Waals surface area contributed by atoms with Crippen molar-refractivity contribution in [3.8, 4) is 0 Å². The quantitative estimate of drug-likeness (QED) is 0.701. The average Bonchev–Trinajstić information content (AvgIpc) is 2.78. The molecule has 3 aromatic rings. The van der Waals surface area contributed by atoms with E-state index >= 15 is 0 Å². The molecule has 0 fully saturated rings. The summed E-state index contributed by atoms with van der Waals surface area (Å²) in [7, 11) is 0. The van der Waals surface area contributed by atoms with E-state index in [1.165, 1.54) is 17.5 Å². The monoisotopic (exact) mass is 336 g/mol. The van der Waals surface area contributed by atoms with E-state index in [9.17, 15) is 4.79 Å². The molecule has 3 rings (SSSR count). The van der Waals surface area contributed by atoms with Gasteiger partial charge in [0.2, 0.25) is 0 Å². The topological polar surface area (TPSA) is 42.0 Å². The van der Waals surface area contributed by atoms with Crippen molar-refractivity contribution in [1.29, 1.82) is 0 Å². The minimum atomic E-state index is -0.270. The van der Waals surface area contributed by atoms with Crippen molar-refractivity contribution >= 4 is 56.3 Å². The third-order valence-electron chi connectivity index (χ3n) is 2.96. The first kappa shape index (κ1) is 14.3. The number of thiophene rings is 1. The first-order chi connectivity index (χ1) is 10.0. The van der Waals surface area contributed by atoms with E-state index in [0.29, 0.717) is 20.7 Å². The van der Waals surface area contributed by atoms with Crippen molar-refractivity contribution in [3.63, 3.8) is 0 Å². The van der Waals surface area contributed by atoms with Gasteiger partial charge in [-0.05, 0) is 30.7 Å². The summed E-state index contributed by atoms with van der Waals surface area (Å²) >= 11 is 13.4. The molecular weight excluding hydrogens is 327 g/mol. The molecule has 0 saturated carbocycles. The molecule has 2 heterocycles. The van der Waals surface area contributed by atoms with E-state index in [1.54, 1.807) is 12.1 Å². The molecule has 0 saturated heterocycles. The van der Waals surface area contributed by atoms with Crippen LogP contribution in [0.15, 0.2) is 36.5 Å². The van der Waals surface area contributed by atoms with Gasteiger partial charge in [-0.1, -0.05) is 35.3 Å². The summed E-state index contributed by atoms with van der Waals surface area (Å²) in [6.07, 6.45) is 1.48. The maximum absolute atomic E-state index is 12.3. The van der Waals surface area contributed by atoms with Crippen LogP contribution in [-0.4, -0.2) is 10.9 Å². The zero-order chi connectivity index (χ0) is 15.0. The molecule has 6 heteroatoms. The highest BCUT2D eigenvalue weighted by atomic mass is 35.5. The standard InChI is InChI=1S/C15H10Cl2N2OS/c1-8-2-4-10-11(6-8)21-14(13(10)17)15(20)19-12-5-3-9(16)7-18-12/h2-7H,1H3,(H,18,19,20). The Hall–Kier alpha value is -1.62. The van der Waals surface area contributed by atoms with Gasteiger partial charge >= 0.3 is 0 Å². The van der Waals surface area contributed by atoms with Gasteiger partial charge in [-0.25, -0.2) is 4.98 Å². The number of rotatable bonds is 2. The number of aromatic nitrogens is 1. The SMILES string of the molecule is Cc1ccc2c(Cl)c(C(=O)Nc3ccc(Cl)cn3)sc2c1. The molecule has 106 valence electrons. The number of nitrogens with one attached hydrogen (secondary N) is 1. The van der Waals surface area contributed by atoms with E-state index in [2.05, 4.69) is 10.3 Å². The lowest BCUT2D eigenvalue weighted by Gasteiger charge is -2.02. The first-order valence-corrected chi connectivity index (χ1v) is 7.73. The molecule has 0 bridgehead atoms. The van der Waals surface area contributed by atoms with Crippen LogP contribution >= 0.6 is 34.5 Å². The molecule has 1 amide bonds. The van der Waals surface area contributed by atoms with Gasteiger partial charge in [0.1, 0.15) is 10.7 Å². The fourth-order valence-corrected chi connectivity index (χ4v) is 3.56. The van der Waals surface area contributed by atoms with E-state index in [1.807, 2.05) is 25.1 Å². The highest BCUT2D eigenvalue weighted by molar-refractivity contribution is 7.21. The summed E-state index contributed by atoms with van der Waals surface area (Å²) in [5.41, 5.74) is 1.13. The normalized spacial score (nSPS) is 10.8. The van der Waals surface area contributed by atoms with Gasteiger partial charge in [-0.2, -0.15) is 0 Å². The molecule has 0 aliphatic heterocycles. The summed E-state index contributed by atoms with van der Waals surface area (Å²) in [5, 5.41) is 4.60. The summed E-state index contributed by atoms with van der Waals surface area (Å²) in [5.74, 6) is 0.169. The molecule has 21 heavy (non-hydrogen) atoms. The Morgan fingerprint density at radius 3 is 2.76 bits per heavy atom. The number of nitrogens with zero attached hydrogens (tertiary/aromatic N) is 1. The van der Waals surface area contributed by atoms with Crippen LogP contribution in [0.1, 0.15) is 15.2 Å². The molecule has 0 aliphatic rings. The second-order valence-corrected chi connectivity index (χ2v) is 6.43. The second kappa shape index (κ2) is 5.64. The lowest BCUT2D eigenvalue weighted by Crippen LogP contribution is -2.11. The Morgan fingerprint density at radius 2 is 2.05 bits per heavy atom. The van der Waals surface area contributed by atoms with Crippen LogP contribution in [0.25, 0.3) is 10.1 Å². The Bertz CT molecular complexity index is 828. The third kappa shape index (κ3) is 2.88. The summed E-state index contributed by atoms with van der Waals surface area (Å²) in [6, 6.07) is 9.24. The van der Waals surface area contributed by atoms with Crippen molar-refractivity contribution in [2.24, 2.45) is 0 Å². The summed E-state index contributed by atoms with van der Waals surface area (Å²) in [4.78, 5) is 16.8. The van der Waals surface area contributed by atoms with E-state index in [4.69, 9.17) is 23.2 Å². The Morgan fingerprint density at radius 1 is 1.24 bits per heavy atom. The molecule has 0 unspecified atom stereocenters. The summed E-state index contributed by atoms with van der Waals surface area (Å²) < 4.78 is 0.995. The predicted octanol–water partition coefficient (Wildman–Crippen LogP) is 5.16. The molecule has 0 atom stereocenters. The maximum atomic E-state index is 12.3. The number of carbonyl (C=O) groups is 1. The molecule has 0 spiro atoms. The molecule has 1 N–H and O–H groups in total. The number of fused-ring (bicyclic) bond motifs is 1. The van der Waals surface area contributed by atoms with E-state index < -0.39 is 0 Å². The molecule has 0 radical (unpaired) electrons. The van der Waals surface area contributed by atoms with Crippen LogP contribution in [-0.2, 0) is 0 Å². The van der Waals surface area contributed by atoms with Crippen LogP contribution in [0.3, 0.4) is 0 Å². The smallest absolute Gasteiger partial charge is 0.268 e. The van der Waals surface area contributed by atoms with Crippen LogP contribution in [0.5, 0.6) is 0 Å². The number of hydrogen-bond donors (Lipinski definition) is 1. The lowest BCUT2D eigenvalue weighted by atomic mass is 10.2. The predicted molar refractivity (Wildman–Crippen MR) is 88.8 cm³/mol. The van der Waals surface area contributed by atoms with Crippen molar-refractivity contribution in [3.05, 3.63) is 57.0 Å². The highest BCUT2D eigenvalue weighted by Crippen LogP contribution is 2.36. The number of aryl methyl sites for hydroxylation is 1. The number of amides is 1. The number of benzene rings is 1. The maximum Gasteiger partial charge on any atom is 0.268 e. The lowest BCUT2D eigenvalue weighted by molar-refractivity contribution is 0.103. The zero-order valence-electron chi connectivity index (χ0n) is 11.0. The molecule has 2 aromatic heterocycles. The van der Waals surface area contributed by atoms with Crippen LogP contribution in [0.2, 0.25) is 10.0 Å². The van der Waals surface area contributed by atoms with Crippen LogP contribution in [0, 0.1) is 6.92 Å². The molecule has 1 aromatic carbocycles. The minimum Gasteiger partial charge on any atom is -0.306 e. The summed E-state index contributed by atoms with van der Waals surface area (Å²) in [6.45, 7) is 2.00. The van der Waals surface area contributed by atoms with Gasteiger partial charge in [-0.3, -0.25) is 4.79 Å². The van der Waals surface area contributed by atoms with Crippen molar-refractivity contribution in [2.45, 2.75) is 6.92 Å². The van der Waals surface area contributed by atoms with E-state index in [-0.39, 0.29) is 5.91 Å². The average molecular weight is 337 g/mol. The largest absolute Gasteiger partial charge is 0.306 e. The van der Waals surface area contributed by atoms with E-state index in [0.717, 1.165) is 15.6 Å². The minimum absolute atomic E-state index is 0.270. The van der Waals surface area contributed by atoms with Gasteiger partial charge in [0.15, 0.2) is 0 Å².